The number of sulfonamides is 1. The Morgan fingerprint density at radius 3 is 2.30 bits per heavy atom. The summed E-state index contributed by atoms with van der Waals surface area (Å²) in [5.41, 5.74) is 2.74. The molecule has 0 fully saturated rings. The minimum absolute atomic E-state index is 0.0567. The lowest BCUT2D eigenvalue weighted by atomic mass is 10.1. The molecule has 0 saturated carbocycles. The second-order valence-corrected chi connectivity index (χ2v) is 9.53. The summed E-state index contributed by atoms with van der Waals surface area (Å²) in [6, 6.07) is 20.6. The second-order valence-electron chi connectivity index (χ2n) is 7.74. The molecule has 0 aromatic heterocycles. The first kappa shape index (κ1) is 24.3. The van der Waals surface area contributed by atoms with Crippen molar-refractivity contribution in [1.82, 2.24) is 0 Å². The highest BCUT2D eigenvalue weighted by Crippen LogP contribution is 2.29. The molecule has 172 valence electrons. The van der Waals surface area contributed by atoms with Crippen molar-refractivity contribution in [2.24, 2.45) is 0 Å². The molecule has 0 atom stereocenters. The Morgan fingerprint density at radius 2 is 1.64 bits per heavy atom. The number of unbranched alkanes of at least 4 members (excludes halogenated alkanes) is 1. The Hall–Kier alpha value is -3.38. The highest BCUT2D eigenvalue weighted by Gasteiger charge is 2.30. The van der Waals surface area contributed by atoms with E-state index in [2.05, 4.69) is 6.92 Å². The van der Waals surface area contributed by atoms with Gasteiger partial charge in [0.05, 0.1) is 17.2 Å². The highest BCUT2D eigenvalue weighted by molar-refractivity contribution is 7.93. The molecular formula is C27H29NO4S. The average molecular weight is 464 g/mol. The van der Waals surface area contributed by atoms with Gasteiger partial charge in [0, 0.05) is 6.08 Å². The normalized spacial score (nSPS) is 11.5. The maximum atomic E-state index is 13.5. The van der Waals surface area contributed by atoms with E-state index in [1.807, 2.05) is 44.2 Å². The SMILES string of the molecule is CCCCOc1ccc(/C=C/C(=O)N(c2cccc(C)c2C)S(=O)(=O)c2ccccc2)cc1. The molecule has 0 N–H and O–H groups in total. The van der Waals surface area contributed by atoms with E-state index in [0.29, 0.717) is 12.3 Å². The van der Waals surface area contributed by atoms with Gasteiger partial charge in [0.15, 0.2) is 0 Å². The number of ether oxygens (including phenoxy) is 1. The smallest absolute Gasteiger partial charge is 0.271 e. The summed E-state index contributed by atoms with van der Waals surface area (Å²) in [6.07, 6.45) is 4.94. The summed E-state index contributed by atoms with van der Waals surface area (Å²) in [5, 5.41) is 0. The molecule has 0 saturated heterocycles. The third kappa shape index (κ3) is 5.90. The summed E-state index contributed by atoms with van der Waals surface area (Å²) in [7, 11) is -4.10. The number of anilines is 1. The van der Waals surface area contributed by atoms with Crippen molar-refractivity contribution in [1.29, 1.82) is 0 Å². The molecule has 0 radical (unpaired) electrons. The van der Waals surface area contributed by atoms with Gasteiger partial charge in [0.1, 0.15) is 5.75 Å². The van der Waals surface area contributed by atoms with Gasteiger partial charge in [0.25, 0.3) is 15.9 Å². The van der Waals surface area contributed by atoms with Crippen LogP contribution in [0.5, 0.6) is 5.75 Å². The van der Waals surface area contributed by atoms with Gasteiger partial charge >= 0.3 is 0 Å². The molecule has 6 heteroatoms. The monoisotopic (exact) mass is 463 g/mol. The minimum Gasteiger partial charge on any atom is -0.494 e. The molecule has 0 spiro atoms. The summed E-state index contributed by atoms with van der Waals surface area (Å²) in [6.45, 7) is 6.46. The van der Waals surface area contributed by atoms with E-state index in [1.165, 1.54) is 18.2 Å². The lowest BCUT2D eigenvalue weighted by Crippen LogP contribution is -2.36. The Kier molecular flexibility index (Phi) is 8.06. The molecule has 1 amide bonds. The van der Waals surface area contributed by atoms with Crippen LogP contribution in [0.1, 0.15) is 36.5 Å². The van der Waals surface area contributed by atoms with Crippen LogP contribution in [0, 0.1) is 13.8 Å². The average Bonchev–Trinajstić information content (AvgIpc) is 2.82. The van der Waals surface area contributed by atoms with E-state index in [9.17, 15) is 13.2 Å². The zero-order valence-electron chi connectivity index (χ0n) is 19.2. The largest absolute Gasteiger partial charge is 0.494 e. The number of aryl methyl sites for hydroxylation is 1. The molecule has 0 aliphatic heterocycles. The number of carbonyl (C=O) groups is 1. The molecule has 3 aromatic carbocycles. The fourth-order valence-corrected chi connectivity index (χ4v) is 4.73. The lowest BCUT2D eigenvalue weighted by molar-refractivity contribution is -0.113. The van der Waals surface area contributed by atoms with Crippen LogP contribution in [0.2, 0.25) is 0 Å². The van der Waals surface area contributed by atoms with Gasteiger partial charge in [-0.3, -0.25) is 4.79 Å². The standard InChI is InChI=1S/C27H29NO4S/c1-4-5-20-32-24-17-14-23(15-18-24)16-19-27(29)28(26-13-9-10-21(2)22(26)3)33(30,31)25-11-7-6-8-12-25/h6-19H,4-5,20H2,1-3H3/b19-16+. The lowest BCUT2D eigenvalue weighted by Gasteiger charge is -2.24. The number of amides is 1. The third-order valence-electron chi connectivity index (χ3n) is 5.34. The van der Waals surface area contributed by atoms with Crippen LogP contribution in [0.15, 0.2) is 83.8 Å². The van der Waals surface area contributed by atoms with E-state index in [0.717, 1.165) is 39.6 Å². The number of carbonyl (C=O) groups excluding carboxylic acids is 1. The van der Waals surface area contributed by atoms with Crippen LogP contribution >= 0.6 is 0 Å². The molecular weight excluding hydrogens is 434 g/mol. The van der Waals surface area contributed by atoms with Crippen molar-refractivity contribution < 1.29 is 17.9 Å². The van der Waals surface area contributed by atoms with Crippen LogP contribution in [0.4, 0.5) is 5.69 Å². The highest BCUT2D eigenvalue weighted by atomic mass is 32.2. The number of rotatable bonds is 9. The first-order chi connectivity index (χ1) is 15.8. The molecule has 0 heterocycles. The molecule has 3 rings (SSSR count). The first-order valence-corrected chi connectivity index (χ1v) is 12.4. The van der Waals surface area contributed by atoms with Crippen molar-refractivity contribution in [2.75, 3.05) is 10.9 Å². The number of hydrogen-bond acceptors (Lipinski definition) is 4. The van der Waals surface area contributed by atoms with E-state index >= 15 is 0 Å². The molecule has 5 nitrogen and oxygen atoms in total. The first-order valence-electron chi connectivity index (χ1n) is 11.0. The summed E-state index contributed by atoms with van der Waals surface area (Å²) < 4.78 is 33.5. The van der Waals surface area contributed by atoms with Crippen LogP contribution in [-0.2, 0) is 14.8 Å². The zero-order valence-corrected chi connectivity index (χ0v) is 20.0. The third-order valence-corrected chi connectivity index (χ3v) is 7.07. The number of nitrogens with zero attached hydrogens (tertiary/aromatic N) is 1. The molecule has 33 heavy (non-hydrogen) atoms. The minimum atomic E-state index is -4.10. The summed E-state index contributed by atoms with van der Waals surface area (Å²) >= 11 is 0. The van der Waals surface area contributed by atoms with Gasteiger partial charge in [-0.25, -0.2) is 8.42 Å². The van der Waals surface area contributed by atoms with Gasteiger partial charge in [-0.05, 0) is 73.4 Å². The van der Waals surface area contributed by atoms with E-state index in [1.54, 1.807) is 36.4 Å². The Labute approximate surface area is 196 Å². The van der Waals surface area contributed by atoms with Crippen molar-refractivity contribution in [3.05, 3.63) is 95.6 Å². The van der Waals surface area contributed by atoms with Crippen molar-refractivity contribution in [3.8, 4) is 5.75 Å². The topological polar surface area (TPSA) is 63.7 Å². The van der Waals surface area contributed by atoms with Gasteiger partial charge in [-0.1, -0.05) is 55.8 Å². The fraction of sp³-hybridized carbons (Fsp3) is 0.222. The van der Waals surface area contributed by atoms with Crippen molar-refractivity contribution in [2.45, 2.75) is 38.5 Å². The van der Waals surface area contributed by atoms with Gasteiger partial charge in [-0.2, -0.15) is 4.31 Å². The predicted octanol–water partition coefficient (Wildman–Crippen LogP) is 5.92. The molecule has 0 aliphatic carbocycles. The number of benzene rings is 3. The Bertz CT molecular complexity index is 1220. The van der Waals surface area contributed by atoms with Crippen LogP contribution in [0.3, 0.4) is 0 Å². The van der Waals surface area contributed by atoms with Gasteiger partial charge in [-0.15, -0.1) is 0 Å². The molecule has 0 bridgehead atoms. The van der Waals surface area contributed by atoms with Crippen molar-refractivity contribution in [3.63, 3.8) is 0 Å². The zero-order chi connectivity index (χ0) is 23.8. The van der Waals surface area contributed by atoms with Crippen LogP contribution < -0.4 is 9.04 Å². The van der Waals surface area contributed by atoms with Crippen LogP contribution in [0.25, 0.3) is 6.08 Å². The van der Waals surface area contributed by atoms with Gasteiger partial charge in [0.2, 0.25) is 0 Å². The summed E-state index contributed by atoms with van der Waals surface area (Å²) in [5.74, 6) is 0.117. The second kappa shape index (κ2) is 11.0. The molecule has 0 aliphatic rings. The van der Waals surface area contributed by atoms with E-state index in [-0.39, 0.29) is 4.90 Å². The van der Waals surface area contributed by atoms with Crippen molar-refractivity contribution >= 4 is 27.7 Å². The molecule has 0 unspecified atom stereocenters. The van der Waals surface area contributed by atoms with E-state index < -0.39 is 15.9 Å². The van der Waals surface area contributed by atoms with Gasteiger partial charge < -0.3 is 4.74 Å². The predicted molar refractivity (Wildman–Crippen MR) is 133 cm³/mol. The van der Waals surface area contributed by atoms with Crippen LogP contribution in [-0.4, -0.2) is 20.9 Å². The summed E-state index contributed by atoms with van der Waals surface area (Å²) in [4.78, 5) is 13.3. The Balaban J connectivity index is 1.93. The maximum absolute atomic E-state index is 13.5. The fourth-order valence-electron chi connectivity index (χ4n) is 3.26. The quantitative estimate of drug-likeness (QED) is 0.292. The maximum Gasteiger partial charge on any atom is 0.271 e. The van der Waals surface area contributed by atoms with E-state index in [4.69, 9.17) is 4.74 Å². The number of hydrogen-bond donors (Lipinski definition) is 0. The molecule has 3 aromatic rings. The Morgan fingerprint density at radius 1 is 0.939 bits per heavy atom.